The molecule has 0 unspecified atom stereocenters. The number of amides is 2. The molecule has 0 atom stereocenters. The molecule has 7 nitrogen and oxygen atoms in total. The molecule has 2 rings (SSSR count). The van der Waals surface area contributed by atoms with E-state index in [1.165, 1.54) is 4.68 Å². The number of hydrogen-bond donors (Lipinski definition) is 2. The average molecular weight is 302 g/mol. The van der Waals surface area contributed by atoms with E-state index in [1.807, 2.05) is 19.1 Å². The molecule has 116 valence electrons. The van der Waals surface area contributed by atoms with Gasteiger partial charge in [0, 0.05) is 7.05 Å². The molecule has 0 aliphatic rings. The van der Waals surface area contributed by atoms with Crippen molar-refractivity contribution in [3.05, 3.63) is 47.3 Å². The SMILES string of the molecule is Cc1ccc(OCC(=O)NNC(=O)c2cc(C)nn2C)cc1. The van der Waals surface area contributed by atoms with Crippen molar-refractivity contribution in [2.24, 2.45) is 7.05 Å². The van der Waals surface area contributed by atoms with E-state index in [0.717, 1.165) is 11.3 Å². The summed E-state index contributed by atoms with van der Waals surface area (Å²) in [5.74, 6) is -0.297. The molecule has 0 fully saturated rings. The zero-order chi connectivity index (χ0) is 16.1. The van der Waals surface area contributed by atoms with Gasteiger partial charge in [-0.2, -0.15) is 5.10 Å². The number of benzene rings is 1. The van der Waals surface area contributed by atoms with Crippen molar-refractivity contribution in [2.75, 3.05) is 6.61 Å². The van der Waals surface area contributed by atoms with Crippen LogP contribution in [0.2, 0.25) is 0 Å². The normalized spacial score (nSPS) is 10.1. The quantitative estimate of drug-likeness (QED) is 0.821. The number of rotatable bonds is 4. The Bertz CT molecular complexity index is 677. The predicted octanol–water partition coefficient (Wildman–Crippen LogP) is 0.877. The summed E-state index contributed by atoms with van der Waals surface area (Å²) in [5, 5.41) is 4.06. The first-order valence-corrected chi connectivity index (χ1v) is 6.75. The zero-order valence-electron chi connectivity index (χ0n) is 12.7. The molecule has 2 amide bonds. The van der Waals surface area contributed by atoms with Crippen LogP contribution in [-0.4, -0.2) is 28.2 Å². The molecule has 7 heteroatoms. The number of hydrogen-bond acceptors (Lipinski definition) is 4. The Hall–Kier alpha value is -2.83. The molecule has 0 spiro atoms. The fourth-order valence-electron chi connectivity index (χ4n) is 1.83. The first kappa shape index (κ1) is 15.6. The van der Waals surface area contributed by atoms with Crippen LogP contribution in [0.25, 0.3) is 0 Å². The second kappa shape index (κ2) is 6.75. The van der Waals surface area contributed by atoms with Gasteiger partial charge in [0.05, 0.1) is 5.69 Å². The zero-order valence-corrected chi connectivity index (χ0v) is 12.7. The van der Waals surface area contributed by atoms with Gasteiger partial charge in [-0.25, -0.2) is 0 Å². The summed E-state index contributed by atoms with van der Waals surface area (Å²) >= 11 is 0. The maximum atomic E-state index is 11.9. The molecule has 0 bridgehead atoms. The topological polar surface area (TPSA) is 85.2 Å². The smallest absolute Gasteiger partial charge is 0.287 e. The van der Waals surface area contributed by atoms with Gasteiger partial charge in [0.25, 0.3) is 11.8 Å². The second-order valence-electron chi connectivity index (χ2n) is 4.90. The van der Waals surface area contributed by atoms with E-state index in [1.54, 1.807) is 32.2 Å². The number of nitrogens with one attached hydrogen (secondary N) is 2. The molecule has 22 heavy (non-hydrogen) atoms. The van der Waals surface area contributed by atoms with Gasteiger partial charge in [-0.3, -0.25) is 25.1 Å². The third kappa shape index (κ3) is 4.08. The fourth-order valence-corrected chi connectivity index (χ4v) is 1.83. The second-order valence-corrected chi connectivity index (χ2v) is 4.90. The molecule has 1 heterocycles. The highest BCUT2D eigenvalue weighted by Crippen LogP contribution is 2.10. The third-order valence-corrected chi connectivity index (χ3v) is 2.94. The standard InChI is InChI=1S/C15H18N4O3/c1-10-4-6-12(7-5-10)22-9-14(20)16-17-15(21)13-8-11(2)18-19(13)3/h4-8H,9H2,1-3H3,(H,16,20)(H,17,21). The van der Waals surface area contributed by atoms with Crippen molar-refractivity contribution in [3.8, 4) is 5.75 Å². The lowest BCUT2D eigenvalue weighted by atomic mass is 10.2. The summed E-state index contributed by atoms with van der Waals surface area (Å²) < 4.78 is 6.75. The largest absolute Gasteiger partial charge is 0.484 e. The molecule has 2 aromatic rings. The highest BCUT2D eigenvalue weighted by molar-refractivity contribution is 5.94. The van der Waals surface area contributed by atoms with Crippen molar-refractivity contribution in [1.82, 2.24) is 20.6 Å². The maximum absolute atomic E-state index is 11.9. The van der Waals surface area contributed by atoms with Crippen LogP contribution in [0.15, 0.2) is 30.3 Å². The Morgan fingerprint density at radius 2 is 1.86 bits per heavy atom. The lowest BCUT2D eigenvalue weighted by Gasteiger charge is -2.09. The van der Waals surface area contributed by atoms with Crippen LogP contribution in [-0.2, 0) is 11.8 Å². The molecule has 1 aromatic heterocycles. The lowest BCUT2D eigenvalue weighted by molar-refractivity contribution is -0.123. The Labute approximate surface area is 128 Å². The first-order valence-electron chi connectivity index (χ1n) is 6.75. The predicted molar refractivity (Wildman–Crippen MR) is 80.2 cm³/mol. The number of ether oxygens (including phenoxy) is 1. The van der Waals surface area contributed by atoms with E-state index < -0.39 is 11.8 Å². The molecule has 0 radical (unpaired) electrons. The van der Waals surface area contributed by atoms with Gasteiger partial charge in [0.1, 0.15) is 11.4 Å². The van der Waals surface area contributed by atoms with Crippen LogP contribution in [0.5, 0.6) is 5.75 Å². The van der Waals surface area contributed by atoms with E-state index >= 15 is 0 Å². The Morgan fingerprint density at radius 1 is 1.18 bits per heavy atom. The van der Waals surface area contributed by atoms with E-state index in [4.69, 9.17) is 4.74 Å². The molecule has 0 saturated heterocycles. The van der Waals surface area contributed by atoms with Gasteiger partial charge in [0.15, 0.2) is 6.61 Å². The molecular weight excluding hydrogens is 284 g/mol. The minimum atomic E-state index is -0.451. The summed E-state index contributed by atoms with van der Waals surface area (Å²) in [6.45, 7) is 3.56. The number of carbonyl (C=O) groups is 2. The monoisotopic (exact) mass is 302 g/mol. The minimum absolute atomic E-state index is 0.187. The van der Waals surface area contributed by atoms with Crippen LogP contribution in [0.4, 0.5) is 0 Å². The maximum Gasteiger partial charge on any atom is 0.287 e. The number of aromatic nitrogens is 2. The number of carbonyl (C=O) groups excluding carboxylic acids is 2. The molecule has 0 aliphatic heterocycles. The van der Waals surface area contributed by atoms with Gasteiger partial charge in [-0.15, -0.1) is 0 Å². The molecule has 2 N–H and O–H groups in total. The molecule has 0 aliphatic carbocycles. The van der Waals surface area contributed by atoms with Gasteiger partial charge in [-0.05, 0) is 32.0 Å². The van der Waals surface area contributed by atoms with Crippen molar-refractivity contribution < 1.29 is 14.3 Å². The molecular formula is C15H18N4O3. The minimum Gasteiger partial charge on any atom is -0.484 e. The molecule has 1 aromatic carbocycles. The van der Waals surface area contributed by atoms with Gasteiger partial charge < -0.3 is 4.74 Å². The van der Waals surface area contributed by atoms with Crippen LogP contribution < -0.4 is 15.6 Å². The van der Waals surface area contributed by atoms with Gasteiger partial charge in [-0.1, -0.05) is 17.7 Å². The summed E-state index contributed by atoms with van der Waals surface area (Å²) in [7, 11) is 1.66. The molecule has 0 saturated carbocycles. The van der Waals surface area contributed by atoms with E-state index in [-0.39, 0.29) is 6.61 Å². The van der Waals surface area contributed by atoms with Crippen LogP contribution in [0, 0.1) is 13.8 Å². The lowest BCUT2D eigenvalue weighted by Crippen LogP contribution is -2.44. The highest BCUT2D eigenvalue weighted by atomic mass is 16.5. The van der Waals surface area contributed by atoms with Crippen LogP contribution in [0.1, 0.15) is 21.7 Å². The van der Waals surface area contributed by atoms with Crippen LogP contribution in [0.3, 0.4) is 0 Å². The summed E-state index contributed by atoms with van der Waals surface area (Å²) in [6.07, 6.45) is 0. The van der Waals surface area contributed by atoms with Crippen LogP contribution >= 0.6 is 0 Å². The number of nitrogens with zero attached hydrogens (tertiary/aromatic N) is 2. The third-order valence-electron chi connectivity index (χ3n) is 2.94. The Kier molecular flexibility index (Phi) is 4.77. The Balaban J connectivity index is 1.79. The van der Waals surface area contributed by atoms with Gasteiger partial charge in [0.2, 0.25) is 0 Å². The number of hydrazine groups is 1. The highest BCUT2D eigenvalue weighted by Gasteiger charge is 2.12. The van der Waals surface area contributed by atoms with E-state index in [2.05, 4.69) is 16.0 Å². The average Bonchev–Trinajstić information content (AvgIpc) is 2.83. The van der Waals surface area contributed by atoms with Crippen molar-refractivity contribution in [3.63, 3.8) is 0 Å². The van der Waals surface area contributed by atoms with Crippen molar-refractivity contribution >= 4 is 11.8 Å². The fraction of sp³-hybridized carbons (Fsp3) is 0.267. The van der Waals surface area contributed by atoms with Crippen molar-refractivity contribution in [1.29, 1.82) is 0 Å². The van der Waals surface area contributed by atoms with Gasteiger partial charge >= 0.3 is 0 Å². The number of aryl methyl sites for hydroxylation is 3. The Morgan fingerprint density at radius 3 is 2.45 bits per heavy atom. The van der Waals surface area contributed by atoms with E-state index in [0.29, 0.717) is 11.4 Å². The van der Waals surface area contributed by atoms with E-state index in [9.17, 15) is 9.59 Å². The summed E-state index contributed by atoms with van der Waals surface area (Å²) in [4.78, 5) is 23.5. The van der Waals surface area contributed by atoms with Crippen molar-refractivity contribution in [2.45, 2.75) is 13.8 Å². The first-order chi connectivity index (χ1) is 10.5. The summed E-state index contributed by atoms with van der Waals surface area (Å²) in [5.41, 5.74) is 6.80. The summed E-state index contributed by atoms with van der Waals surface area (Å²) in [6, 6.07) is 8.96.